The Bertz CT molecular complexity index is 446. The van der Waals surface area contributed by atoms with E-state index in [4.69, 9.17) is 9.84 Å². The van der Waals surface area contributed by atoms with Crippen molar-refractivity contribution in [1.29, 1.82) is 0 Å². The lowest BCUT2D eigenvalue weighted by atomic mass is 10.1. The third-order valence-electron chi connectivity index (χ3n) is 1.88. The molecule has 1 aromatic carbocycles. The van der Waals surface area contributed by atoms with E-state index in [9.17, 15) is 14.9 Å². The molecule has 1 N–H and O–H groups in total. The molecule has 0 saturated heterocycles. The number of carbonyl (C=O) groups is 1. The number of hydrogen-bond acceptors (Lipinski definition) is 4. The summed E-state index contributed by atoms with van der Waals surface area (Å²) in [6.45, 7) is 0. The van der Waals surface area contributed by atoms with Gasteiger partial charge in [0.05, 0.1) is 29.0 Å². The molecular formula is C9H8BrNO5. The van der Waals surface area contributed by atoms with Gasteiger partial charge in [-0.1, -0.05) is 0 Å². The van der Waals surface area contributed by atoms with E-state index in [1.807, 2.05) is 0 Å². The Morgan fingerprint density at radius 1 is 1.62 bits per heavy atom. The van der Waals surface area contributed by atoms with Gasteiger partial charge >= 0.3 is 5.97 Å². The molecule has 0 aliphatic heterocycles. The molecule has 0 aliphatic carbocycles. The summed E-state index contributed by atoms with van der Waals surface area (Å²) in [7, 11) is 1.36. The molecule has 7 heteroatoms. The van der Waals surface area contributed by atoms with Crippen molar-refractivity contribution in [3.63, 3.8) is 0 Å². The molecule has 0 aliphatic rings. The zero-order valence-corrected chi connectivity index (χ0v) is 9.85. The van der Waals surface area contributed by atoms with Gasteiger partial charge in [-0.3, -0.25) is 14.9 Å². The minimum Gasteiger partial charge on any atom is -0.496 e. The Hall–Kier alpha value is -1.63. The van der Waals surface area contributed by atoms with Crippen LogP contribution >= 0.6 is 15.9 Å². The van der Waals surface area contributed by atoms with E-state index in [0.29, 0.717) is 5.56 Å². The molecule has 0 unspecified atom stereocenters. The number of aliphatic carboxylic acids is 1. The molecule has 0 fully saturated rings. The Kier molecular flexibility index (Phi) is 3.83. The van der Waals surface area contributed by atoms with Gasteiger partial charge in [0.1, 0.15) is 5.75 Å². The van der Waals surface area contributed by atoms with Crippen LogP contribution in [-0.4, -0.2) is 23.1 Å². The lowest BCUT2D eigenvalue weighted by Crippen LogP contribution is -2.03. The van der Waals surface area contributed by atoms with E-state index in [1.54, 1.807) is 0 Å². The minimum absolute atomic E-state index is 0.167. The first-order valence-corrected chi connectivity index (χ1v) is 4.97. The van der Waals surface area contributed by atoms with Crippen LogP contribution in [0.15, 0.2) is 16.6 Å². The second kappa shape index (κ2) is 4.93. The van der Waals surface area contributed by atoms with Crippen molar-refractivity contribution in [2.75, 3.05) is 7.11 Å². The van der Waals surface area contributed by atoms with Crippen LogP contribution in [0, 0.1) is 10.1 Å². The fraction of sp³-hybridized carbons (Fsp3) is 0.222. The topological polar surface area (TPSA) is 89.7 Å². The number of ether oxygens (including phenoxy) is 1. The van der Waals surface area contributed by atoms with Gasteiger partial charge in [-0.05, 0) is 27.6 Å². The normalized spacial score (nSPS) is 9.88. The number of methoxy groups -OCH3 is 1. The lowest BCUT2D eigenvalue weighted by Gasteiger charge is -2.06. The van der Waals surface area contributed by atoms with E-state index in [1.165, 1.54) is 19.2 Å². The van der Waals surface area contributed by atoms with Crippen LogP contribution in [-0.2, 0) is 11.2 Å². The monoisotopic (exact) mass is 289 g/mol. The van der Waals surface area contributed by atoms with Gasteiger partial charge in [-0.2, -0.15) is 0 Å². The molecule has 0 spiro atoms. The van der Waals surface area contributed by atoms with Crippen LogP contribution in [0.5, 0.6) is 5.75 Å². The molecule has 16 heavy (non-hydrogen) atoms. The number of nitro benzene ring substituents is 1. The molecule has 1 aromatic rings. The predicted octanol–water partition coefficient (Wildman–Crippen LogP) is 1.99. The first-order chi connectivity index (χ1) is 7.45. The minimum atomic E-state index is -1.07. The summed E-state index contributed by atoms with van der Waals surface area (Å²) in [5, 5.41) is 19.4. The van der Waals surface area contributed by atoms with Crippen molar-refractivity contribution in [3.05, 3.63) is 32.3 Å². The van der Waals surface area contributed by atoms with Gasteiger partial charge in [0.25, 0.3) is 5.69 Å². The summed E-state index contributed by atoms with van der Waals surface area (Å²) < 4.78 is 5.03. The van der Waals surface area contributed by atoms with Crippen LogP contribution in [0.3, 0.4) is 0 Å². The van der Waals surface area contributed by atoms with Crippen LogP contribution in [0.25, 0.3) is 0 Å². The summed E-state index contributed by atoms with van der Waals surface area (Å²) in [5.74, 6) is -0.811. The number of hydrogen-bond donors (Lipinski definition) is 1. The standard InChI is InChI=1S/C9H8BrNO5/c1-16-6-2-5(3-8(12)13)9(10)7(4-6)11(14)15/h2,4H,3H2,1H3,(H,12,13). The molecule has 0 atom stereocenters. The van der Waals surface area contributed by atoms with E-state index in [2.05, 4.69) is 15.9 Å². The van der Waals surface area contributed by atoms with Crippen molar-refractivity contribution in [2.24, 2.45) is 0 Å². The fourth-order valence-corrected chi connectivity index (χ4v) is 1.70. The summed E-state index contributed by atoms with van der Waals surface area (Å²) in [6.07, 6.45) is -0.307. The second-order valence-corrected chi connectivity index (χ2v) is 3.74. The van der Waals surface area contributed by atoms with E-state index in [-0.39, 0.29) is 22.3 Å². The number of carboxylic acids is 1. The Morgan fingerprint density at radius 3 is 2.69 bits per heavy atom. The molecule has 0 aromatic heterocycles. The van der Waals surface area contributed by atoms with Gasteiger partial charge in [0.2, 0.25) is 0 Å². The zero-order valence-electron chi connectivity index (χ0n) is 8.27. The van der Waals surface area contributed by atoms with Crippen molar-refractivity contribution >= 4 is 27.6 Å². The summed E-state index contributed by atoms with van der Waals surface area (Å²) in [4.78, 5) is 20.7. The number of nitro groups is 1. The number of benzene rings is 1. The molecule has 0 amide bonds. The van der Waals surface area contributed by atoms with Gasteiger partial charge in [0, 0.05) is 0 Å². The van der Waals surface area contributed by atoms with Crippen molar-refractivity contribution in [2.45, 2.75) is 6.42 Å². The van der Waals surface area contributed by atoms with E-state index in [0.717, 1.165) is 0 Å². The molecule has 0 saturated carbocycles. The zero-order chi connectivity index (χ0) is 12.3. The van der Waals surface area contributed by atoms with Crippen LogP contribution < -0.4 is 4.74 Å². The third kappa shape index (κ3) is 2.69. The molecule has 86 valence electrons. The highest BCUT2D eigenvalue weighted by Gasteiger charge is 2.19. The Morgan fingerprint density at radius 2 is 2.25 bits per heavy atom. The summed E-state index contributed by atoms with van der Waals surface area (Å²) >= 11 is 3.01. The van der Waals surface area contributed by atoms with Gasteiger partial charge in [-0.25, -0.2) is 0 Å². The number of halogens is 1. The predicted molar refractivity (Wildman–Crippen MR) is 58.7 cm³/mol. The number of nitrogens with zero attached hydrogens (tertiary/aromatic N) is 1. The average Bonchev–Trinajstić information content (AvgIpc) is 2.19. The molecule has 6 nitrogen and oxygen atoms in total. The quantitative estimate of drug-likeness (QED) is 0.676. The smallest absolute Gasteiger partial charge is 0.307 e. The van der Waals surface area contributed by atoms with Crippen molar-refractivity contribution in [1.82, 2.24) is 0 Å². The fourth-order valence-electron chi connectivity index (χ4n) is 1.18. The number of carboxylic acid groups (broad SMARTS) is 1. The van der Waals surface area contributed by atoms with E-state index < -0.39 is 10.9 Å². The largest absolute Gasteiger partial charge is 0.496 e. The van der Waals surface area contributed by atoms with Crippen LogP contribution in [0.2, 0.25) is 0 Å². The highest BCUT2D eigenvalue weighted by molar-refractivity contribution is 9.10. The van der Waals surface area contributed by atoms with Crippen molar-refractivity contribution in [3.8, 4) is 5.75 Å². The SMILES string of the molecule is COc1cc(CC(=O)O)c(Br)c([N+](=O)[O-])c1. The maximum absolute atomic E-state index is 10.7. The maximum atomic E-state index is 10.7. The highest BCUT2D eigenvalue weighted by Crippen LogP contribution is 2.33. The second-order valence-electron chi connectivity index (χ2n) is 2.95. The van der Waals surface area contributed by atoms with Gasteiger partial charge in [0.15, 0.2) is 0 Å². The van der Waals surface area contributed by atoms with E-state index >= 15 is 0 Å². The van der Waals surface area contributed by atoms with Gasteiger partial charge < -0.3 is 9.84 Å². The van der Waals surface area contributed by atoms with Gasteiger partial charge in [-0.15, -0.1) is 0 Å². The summed E-state index contributed by atoms with van der Waals surface area (Å²) in [6, 6.07) is 2.68. The van der Waals surface area contributed by atoms with Crippen LogP contribution in [0.1, 0.15) is 5.56 Å². The highest BCUT2D eigenvalue weighted by atomic mass is 79.9. The average molecular weight is 290 g/mol. The molecule has 0 radical (unpaired) electrons. The summed E-state index contributed by atoms with van der Waals surface area (Å²) in [5.41, 5.74) is 0.0918. The number of rotatable bonds is 4. The first kappa shape index (κ1) is 12.4. The molecule has 1 rings (SSSR count). The van der Waals surface area contributed by atoms with Crippen LogP contribution in [0.4, 0.5) is 5.69 Å². The maximum Gasteiger partial charge on any atom is 0.307 e. The van der Waals surface area contributed by atoms with Crippen molar-refractivity contribution < 1.29 is 19.6 Å². The molecule has 0 heterocycles. The lowest BCUT2D eigenvalue weighted by molar-refractivity contribution is -0.385. The molecular weight excluding hydrogens is 282 g/mol. The Labute approximate surface area is 99.1 Å². The first-order valence-electron chi connectivity index (χ1n) is 4.18. The third-order valence-corrected chi connectivity index (χ3v) is 2.79. The Balaban J connectivity index is 3.31. The molecule has 0 bridgehead atoms.